The molecule has 0 saturated heterocycles. The van der Waals surface area contributed by atoms with E-state index in [0.717, 1.165) is 0 Å². The van der Waals surface area contributed by atoms with Crippen LogP contribution in [0.4, 0.5) is 22.0 Å². The lowest BCUT2D eigenvalue weighted by atomic mass is 10.3. The second kappa shape index (κ2) is 5.15. The fourth-order valence-electron chi connectivity index (χ4n) is 0.544. The number of hydrogen-bond acceptors (Lipinski definition) is 1. The maximum atomic E-state index is 12.0. The van der Waals surface area contributed by atoms with Gasteiger partial charge < -0.3 is 5.73 Å². The molecule has 0 atom stereocenters. The summed E-state index contributed by atoms with van der Waals surface area (Å²) in [5.74, 6) is -9.65. The summed E-state index contributed by atoms with van der Waals surface area (Å²) in [5.41, 5.74) is 4.17. The summed E-state index contributed by atoms with van der Waals surface area (Å²) in [6, 6.07) is -0.0618. The van der Waals surface area contributed by atoms with Crippen LogP contribution < -0.4 is 5.73 Å². The highest BCUT2D eigenvalue weighted by Gasteiger charge is 2.18. The summed E-state index contributed by atoms with van der Waals surface area (Å²) in [6.45, 7) is 0. The SMILES string of the molecule is Fc1cc(F)c(F)c(F)c1F.NC=O. The number of amides is 1. The lowest BCUT2D eigenvalue weighted by Gasteiger charge is -1.96. The molecule has 0 radical (unpaired) electrons. The molecule has 0 aliphatic rings. The standard InChI is InChI=1S/C6HF5.CH3NO/c7-2-1-3(8)5(10)6(11)4(2)9;2-1-3/h1H;1H,(H2,2,3). The Kier molecular flexibility index (Phi) is 4.54. The van der Waals surface area contributed by atoms with Gasteiger partial charge in [-0.05, 0) is 0 Å². The van der Waals surface area contributed by atoms with Crippen LogP contribution in [0.1, 0.15) is 0 Å². The van der Waals surface area contributed by atoms with Crippen molar-refractivity contribution in [2.45, 2.75) is 0 Å². The van der Waals surface area contributed by atoms with Gasteiger partial charge in [0.15, 0.2) is 23.3 Å². The molecule has 2 N–H and O–H groups in total. The summed E-state index contributed by atoms with van der Waals surface area (Å²) in [4.78, 5) is 8.58. The predicted octanol–water partition coefficient (Wildman–Crippen LogP) is 1.48. The van der Waals surface area contributed by atoms with Gasteiger partial charge in [-0.15, -0.1) is 0 Å². The smallest absolute Gasteiger partial charge is 0.204 e. The number of rotatable bonds is 0. The summed E-state index contributed by atoms with van der Waals surface area (Å²) >= 11 is 0. The highest BCUT2D eigenvalue weighted by Crippen LogP contribution is 2.16. The average molecular weight is 213 g/mol. The topological polar surface area (TPSA) is 43.1 Å². The summed E-state index contributed by atoms with van der Waals surface area (Å²) in [6.07, 6.45) is 0.250. The van der Waals surface area contributed by atoms with Crippen LogP contribution in [0.2, 0.25) is 0 Å². The third-order valence-corrected chi connectivity index (χ3v) is 1.06. The van der Waals surface area contributed by atoms with Crippen molar-refractivity contribution in [3.63, 3.8) is 0 Å². The van der Waals surface area contributed by atoms with Crippen LogP contribution >= 0.6 is 0 Å². The zero-order valence-corrected chi connectivity index (χ0v) is 6.53. The van der Waals surface area contributed by atoms with E-state index in [0.29, 0.717) is 0 Å². The van der Waals surface area contributed by atoms with Gasteiger partial charge in [0.2, 0.25) is 12.2 Å². The van der Waals surface area contributed by atoms with E-state index in [4.69, 9.17) is 4.79 Å². The van der Waals surface area contributed by atoms with E-state index in [1.807, 2.05) is 0 Å². The minimum absolute atomic E-state index is 0.0618. The number of hydrogen-bond donors (Lipinski definition) is 1. The van der Waals surface area contributed by atoms with Gasteiger partial charge >= 0.3 is 0 Å². The summed E-state index contributed by atoms with van der Waals surface area (Å²) in [5, 5.41) is 0. The van der Waals surface area contributed by atoms with Crippen molar-refractivity contribution in [3.05, 3.63) is 35.2 Å². The lowest BCUT2D eigenvalue weighted by Crippen LogP contribution is -1.98. The van der Waals surface area contributed by atoms with Gasteiger partial charge in [0.25, 0.3) is 0 Å². The van der Waals surface area contributed by atoms with E-state index in [-0.39, 0.29) is 12.5 Å². The Labute approximate surface area is 75.1 Å². The molecule has 0 aliphatic heterocycles. The van der Waals surface area contributed by atoms with Gasteiger partial charge in [-0.3, -0.25) is 4.79 Å². The van der Waals surface area contributed by atoms with Crippen molar-refractivity contribution in [2.75, 3.05) is 0 Å². The second-order valence-electron chi connectivity index (χ2n) is 1.92. The Balaban J connectivity index is 0.000000500. The van der Waals surface area contributed by atoms with Crippen LogP contribution in [-0.2, 0) is 4.79 Å². The first kappa shape index (κ1) is 12.3. The quantitative estimate of drug-likeness (QED) is 0.301. The van der Waals surface area contributed by atoms with E-state index in [2.05, 4.69) is 5.73 Å². The molecule has 14 heavy (non-hydrogen) atoms. The van der Waals surface area contributed by atoms with Crippen LogP contribution in [0.15, 0.2) is 6.07 Å². The Morgan fingerprint density at radius 2 is 1.21 bits per heavy atom. The van der Waals surface area contributed by atoms with Crippen molar-refractivity contribution in [2.24, 2.45) is 5.73 Å². The van der Waals surface area contributed by atoms with Crippen molar-refractivity contribution >= 4 is 6.41 Å². The number of carbonyl (C=O) groups is 1. The molecule has 0 bridgehead atoms. The predicted molar refractivity (Wildman–Crippen MR) is 36.5 cm³/mol. The minimum Gasteiger partial charge on any atom is -0.372 e. The maximum absolute atomic E-state index is 12.0. The van der Waals surface area contributed by atoms with Gasteiger partial charge in [-0.1, -0.05) is 0 Å². The fourth-order valence-corrected chi connectivity index (χ4v) is 0.544. The molecule has 0 heterocycles. The summed E-state index contributed by atoms with van der Waals surface area (Å²) in [7, 11) is 0. The molecule has 1 aromatic carbocycles. The van der Waals surface area contributed by atoms with Crippen molar-refractivity contribution in [3.8, 4) is 0 Å². The number of carbonyl (C=O) groups excluding carboxylic acids is 1. The van der Waals surface area contributed by atoms with Crippen LogP contribution in [0.5, 0.6) is 0 Å². The Morgan fingerprint density at radius 1 is 0.929 bits per heavy atom. The molecule has 1 amide bonds. The van der Waals surface area contributed by atoms with Crippen LogP contribution in [-0.4, -0.2) is 6.41 Å². The highest BCUT2D eigenvalue weighted by atomic mass is 19.2. The third kappa shape index (κ3) is 2.68. The molecule has 2 nitrogen and oxygen atoms in total. The number of nitrogens with two attached hydrogens (primary N) is 1. The van der Waals surface area contributed by atoms with E-state index in [1.165, 1.54) is 0 Å². The first-order valence-corrected chi connectivity index (χ1v) is 3.09. The molecule has 0 fully saturated rings. The van der Waals surface area contributed by atoms with Crippen molar-refractivity contribution in [1.82, 2.24) is 0 Å². The molecule has 7 heteroatoms. The van der Waals surface area contributed by atoms with E-state index >= 15 is 0 Å². The van der Waals surface area contributed by atoms with Gasteiger partial charge in [0, 0.05) is 6.07 Å². The van der Waals surface area contributed by atoms with E-state index < -0.39 is 29.1 Å². The molecule has 78 valence electrons. The minimum atomic E-state index is -2.14. The van der Waals surface area contributed by atoms with Gasteiger partial charge in [0.05, 0.1) is 0 Å². The fraction of sp³-hybridized carbons (Fsp3) is 0. The van der Waals surface area contributed by atoms with Crippen LogP contribution in [0.3, 0.4) is 0 Å². The van der Waals surface area contributed by atoms with Crippen molar-refractivity contribution < 1.29 is 26.7 Å². The highest BCUT2D eigenvalue weighted by molar-refractivity contribution is 5.42. The number of benzene rings is 1. The van der Waals surface area contributed by atoms with Crippen LogP contribution in [0.25, 0.3) is 0 Å². The maximum Gasteiger partial charge on any atom is 0.204 e. The van der Waals surface area contributed by atoms with E-state index in [9.17, 15) is 22.0 Å². The average Bonchev–Trinajstić information content (AvgIpc) is 2.13. The molecule has 0 saturated carbocycles. The molecular formula is C7H4F5NO. The Bertz CT molecular complexity index is 315. The molecule has 0 unspecified atom stereocenters. The molecule has 1 aromatic rings. The largest absolute Gasteiger partial charge is 0.372 e. The van der Waals surface area contributed by atoms with Gasteiger partial charge in [-0.2, -0.15) is 0 Å². The monoisotopic (exact) mass is 213 g/mol. The van der Waals surface area contributed by atoms with Gasteiger partial charge in [-0.25, -0.2) is 22.0 Å². The lowest BCUT2D eigenvalue weighted by molar-refractivity contribution is -0.106. The molecular weight excluding hydrogens is 209 g/mol. The van der Waals surface area contributed by atoms with Crippen LogP contribution in [0, 0.1) is 29.1 Å². The zero-order valence-electron chi connectivity index (χ0n) is 6.53. The van der Waals surface area contributed by atoms with Crippen molar-refractivity contribution in [1.29, 1.82) is 0 Å². The normalized spacial score (nSPS) is 8.93. The molecule has 0 spiro atoms. The number of primary amides is 1. The first-order chi connectivity index (χ1) is 6.45. The Morgan fingerprint density at radius 3 is 1.50 bits per heavy atom. The zero-order chi connectivity index (χ0) is 11.3. The molecule has 0 aromatic heterocycles. The van der Waals surface area contributed by atoms with Gasteiger partial charge in [0.1, 0.15) is 0 Å². The number of halogens is 5. The Hall–Kier alpha value is -1.66. The first-order valence-electron chi connectivity index (χ1n) is 3.09. The molecule has 1 rings (SSSR count). The van der Waals surface area contributed by atoms with E-state index in [1.54, 1.807) is 0 Å². The second-order valence-corrected chi connectivity index (χ2v) is 1.92. The molecule has 0 aliphatic carbocycles. The summed E-state index contributed by atoms with van der Waals surface area (Å²) < 4.78 is 60.0. The third-order valence-electron chi connectivity index (χ3n) is 1.06.